The van der Waals surface area contributed by atoms with Crippen LogP contribution in [0.5, 0.6) is 0 Å². The van der Waals surface area contributed by atoms with Gasteiger partial charge in [0, 0.05) is 6.61 Å². The molecular formula is C8H16O. The first-order valence-electron chi connectivity index (χ1n) is 3.63. The van der Waals surface area contributed by atoms with Gasteiger partial charge in [-0.1, -0.05) is 20.8 Å². The van der Waals surface area contributed by atoms with Gasteiger partial charge < -0.3 is 5.11 Å². The molecule has 0 aliphatic heterocycles. The fraction of sp³-hybridized carbons (Fsp3) is 1.00. The second-order valence-corrected chi connectivity index (χ2v) is 4.10. The first-order valence-corrected chi connectivity index (χ1v) is 3.63. The van der Waals surface area contributed by atoms with Gasteiger partial charge in [-0.2, -0.15) is 0 Å². The van der Waals surface area contributed by atoms with E-state index in [1.807, 2.05) is 0 Å². The Morgan fingerprint density at radius 2 is 1.89 bits per heavy atom. The van der Waals surface area contributed by atoms with Crippen molar-refractivity contribution in [2.45, 2.75) is 33.6 Å². The predicted molar refractivity (Wildman–Crippen MR) is 38.2 cm³/mol. The molecule has 0 heterocycles. The van der Waals surface area contributed by atoms with Crippen molar-refractivity contribution in [2.75, 3.05) is 6.61 Å². The molecule has 1 heteroatoms. The van der Waals surface area contributed by atoms with Crippen LogP contribution in [-0.2, 0) is 0 Å². The highest BCUT2D eigenvalue weighted by molar-refractivity contribution is 4.99. The predicted octanol–water partition coefficient (Wildman–Crippen LogP) is 1.80. The lowest BCUT2D eigenvalue weighted by Gasteiger charge is -2.29. The zero-order chi connectivity index (χ0) is 7.12. The molecule has 0 unspecified atom stereocenters. The Labute approximate surface area is 57.1 Å². The molecule has 0 spiro atoms. The van der Waals surface area contributed by atoms with Gasteiger partial charge in [0.1, 0.15) is 0 Å². The van der Waals surface area contributed by atoms with Crippen LogP contribution < -0.4 is 0 Å². The third kappa shape index (κ3) is 0.983. The van der Waals surface area contributed by atoms with Crippen LogP contribution in [-0.4, -0.2) is 11.7 Å². The van der Waals surface area contributed by atoms with Gasteiger partial charge in [0.2, 0.25) is 0 Å². The van der Waals surface area contributed by atoms with Crippen LogP contribution >= 0.6 is 0 Å². The molecule has 0 amide bonds. The van der Waals surface area contributed by atoms with Crippen molar-refractivity contribution in [1.29, 1.82) is 0 Å². The van der Waals surface area contributed by atoms with E-state index in [0.29, 0.717) is 12.0 Å². The average Bonchev–Trinajstić information content (AvgIpc) is 2.49. The summed E-state index contributed by atoms with van der Waals surface area (Å²) in [6.07, 6.45) is 2.58. The fourth-order valence-corrected chi connectivity index (χ4v) is 1.06. The summed E-state index contributed by atoms with van der Waals surface area (Å²) in [6.45, 7) is 6.85. The van der Waals surface area contributed by atoms with Gasteiger partial charge in [-0.3, -0.25) is 0 Å². The van der Waals surface area contributed by atoms with Crippen LogP contribution in [0.4, 0.5) is 0 Å². The van der Waals surface area contributed by atoms with Crippen molar-refractivity contribution < 1.29 is 5.11 Å². The van der Waals surface area contributed by atoms with E-state index in [9.17, 15) is 0 Å². The highest BCUT2D eigenvalue weighted by Gasteiger charge is 2.49. The van der Waals surface area contributed by atoms with Gasteiger partial charge in [0.15, 0.2) is 0 Å². The normalized spacial score (nSPS) is 24.0. The summed E-state index contributed by atoms with van der Waals surface area (Å²) in [6, 6.07) is 0. The molecule has 9 heavy (non-hydrogen) atoms. The van der Waals surface area contributed by atoms with E-state index in [2.05, 4.69) is 20.8 Å². The Kier molecular flexibility index (Phi) is 1.35. The third-order valence-electron chi connectivity index (χ3n) is 3.03. The van der Waals surface area contributed by atoms with E-state index in [1.54, 1.807) is 0 Å². The van der Waals surface area contributed by atoms with Crippen LogP contribution in [0.1, 0.15) is 33.6 Å². The number of aliphatic hydroxyl groups excluding tert-OH is 1. The molecule has 0 atom stereocenters. The molecule has 0 saturated heterocycles. The largest absolute Gasteiger partial charge is 0.396 e. The number of rotatable bonds is 2. The molecule has 0 aromatic heterocycles. The van der Waals surface area contributed by atoms with Gasteiger partial charge in [-0.05, 0) is 23.7 Å². The molecule has 1 aliphatic rings. The Morgan fingerprint density at radius 3 is 2.00 bits per heavy atom. The van der Waals surface area contributed by atoms with Crippen LogP contribution in [0.15, 0.2) is 0 Å². The lowest BCUT2D eigenvalue weighted by atomic mass is 9.78. The molecule has 1 nitrogen and oxygen atoms in total. The van der Waals surface area contributed by atoms with Crippen molar-refractivity contribution in [3.63, 3.8) is 0 Å². The highest BCUT2D eigenvalue weighted by Crippen LogP contribution is 2.57. The molecular weight excluding hydrogens is 112 g/mol. The first-order chi connectivity index (χ1) is 4.02. The Balaban J connectivity index is 2.58. The smallest absolute Gasteiger partial charge is 0.0487 e. The quantitative estimate of drug-likeness (QED) is 0.601. The Bertz CT molecular complexity index is 112. The van der Waals surface area contributed by atoms with E-state index < -0.39 is 0 Å². The van der Waals surface area contributed by atoms with E-state index in [1.165, 1.54) is 12.8 Å². The SMILES string of the molecule is CC(C)(CO)C1(C)CC1. The average molecular weight is 128 g/mol. The van der Waals surface area contributed by atoms with Crippen LogP contribution in [0.25, 0.3) is 0 Å². The minimum Gasteiger partial charge on any atom is -0.396 e. The molecule has 1 aliphatic carbocycles. The molecule has 54 valence electrons. The minimum atomic E-state index is 0.146. The summed E-state index contributed by atoms with van der Waals surface area (Å²) in [5.74, 6) is 0. The molecule has 1 N–H and O–H groups in total. The maximum Gasteiger partial charge on any atom is 0.0487 e. The Morgan fingerprint density at radius 1 is 1.44 bits per heavy atom. The van der Waals surface area contributed by atoms with Gasteiger partial charge in [-0.25, -0.2) is 0 Å². The van der Waals surface area contributed by atoms with Gasteiger partial charge in [0.05, 0.1) is 0 Å². The number of hydrogen-bond acceptors (Lipinski definition) is 1. The van der Waals surface area contributed by atoms with Gasteiger partial charge in [-0.15, -0.1) is 0 Å². The Hall–Kier alpha value is -0.0400. The minimum absolute atomic E-state index is 0.146. The summed E-state index contributed by atoms with van der Waals surface area (Å²) >= 11 is 0. The fourth-order valence-electron chi connectivity index (χ4n) is 1.06. The maximum atomic E-state index is 8.97. The summed E-state index contributed by atoms with van der Waals surface area (Å²) < 4.78 is 0. The summed E-state index contributed by atoms with van der Waals surface area (Å²) in [4.78, 5) is 0. The molecule has 0 radical (unpaired) electrons. The molecule has 1 rings (SSSR count). The zero-order valence-electron chi connectivity index (χ0n) is 6.57. The summed E-state index contributed by atoms with van der Waals surface area (Å²) in [5.41, 5.74) is 0.592. The van der Waals surface area contributed by atoms with Crippen LogP contribution in [0.3, 0.4) is 0 Å². The van der Waals surface area contributed by atoms with Crippen molar-refractivity contribution in [3.05, 3.63) is 0 Å². The monoisotopic (exact) mass is 128 g/mol. The van der Waals surface area contributed by atoms with E-state index >= 15 is 0 Å². The van der Waals surface area contributed by atoms with Gasteiger partial charge in [0.25, 0.3) is 0 Å². The van der Waals surface area contributed by atoms with Crippen molar-refractivity contribution in [1.82, 2.24) is 0 Å². The van der Waals surface area contributed by atoms with Crippen LogP contribution in [0.2, 0.25) is 0 Å². The highest BCUT2D eigenvalue weighted by atomic mass is 16.3. The summed E-state index contributed by atoms with van der Waals surface area (Å²) in [5, 5.41) is 8.97. The summed E-state index contributed by atoms with van der Waals surface area (Å²) in [7, 11) is 0. The molecule has 1 saturated carbocycles. The number of hydrogen-bond donors (Lipinski definition) is 1. The van der Waals surface area contributed by atoms with E-state index in [0.717, 1.165) is 0 Å². The second kappa shape index (κ2) is 1.72. The lowest BCUT2D eigenvalue weighted by Crippen LogP contribution is -2.26. The standard InChI is InChI=1S/C8H16O/c1-7(2,6-9)8(3)4-5-8/h9H,4-6H2,1-3H3. The zero-order valence-corrected chi connectivity index (χ0v) is 6.57. The molecule has 0 aromatic rings. The van der Waals surface area contributed by atoms with Gasteiger partial charge >= 0.3 is 0 Å². The van der Waals surface area contributed by atoms with Crippen molar-refractivity contribution in [2.24, 2.45) is 10.8 Å². The topological polar surface area (TPSA) is 20.2 Å². The molecule has 1 fully saturated rings. The van der Waals surface area contributed by atoms with Crippen molar-refractivity contribution >= 4 is 0 Å². The van der Waals surface area contributed by atoms with E-state index in [4.69, 9.17) is 5.11 Å². The van der Waals surface area contributed by atoms with Crippen molar-refractivity contribution in [3.8, 4) is 0 Å². The maximum absolute atomic E-state index is 8.97. The lowest BCUT2D eigenvalue weighted by molar-refractivity contribution is 0.0910. The number of aliphatic hydroxyl groups is 1. The van der Waals surface area contributed by atoms with Crippen LogP contribution in [0, 0.1) is 10.8 Å². The second-order valence-electron chi connectivity index (χ2n) is 4.10. The molecule has 0 bridgehead atoms. The third-order valence-corrected chi connectivity index (χ3v) is 3.03. The van der Waals surface area contributed by atoms with E-state index in [-0.39, 0.29) is 5.41 Å². The first kappa shape index (κ1) is 7.07. The molecule has 0 aromatic carbocycles.